The maximum absolute atomic E-state index is 11.6. The lowest BCUT2D eigenvalue weighted by Crippen LogP contribution is -2.01. The maximum Gasteiger partial charge on any atom is 0.199 e. The molecule has 5 heteroatoms. The molecule has 0 amide bonds. The standard InChI is InChI=1S/C15H10N4O/c20-10-8-12-15(18-9-10)14-11(4-3-7-17-14)19(12)13-5-1-2-6-16-13/h1-9,17H. The maximum atomic E-state index is 11.6. The van der Waals surface area contributed by atoms with E-state index in [1.807, 2.05) is 41.1 Å². The fourth-order valence-electron chi connectivity index (χ4n) is 2.46. The van der Waals surface area contributed by atoms with Crippen LogP contribution in [0.2, 0.25) is 0 Å². The molecule has 0 saturated heterocycles. The van der Waals surface area contributed by atoms with Crippen molar-refractivity contribution in [3.8, 4) is 5.82 Å². The van der Waals surface area contributed by atoms with E-state index in [-0.39, 0.29) is 5.43 Å². The first-order chi connectivity index (χ1) is 9.84. The Morgan fingerprint density at radius 1 is 1.05 bits per heavy atom. The minimum absolute atomic E-state index is 0.113. The number of hydrogen-bond donors (Lipinski definition) is 1. The van der Waals surface area contributed by atoms with Crippen LogP contribution in [0, 0.1) is 0 Å². The van der Waals surface area contributed by atoms with Crippen molar-refractivity contribution in [1.29, 1.82) is 0 Å². The van der Waals surface area contributed by atoms with Crippen LogP contribution >= 0.6 is 0 Å². The lowest BCUT2D eigenvalue weighted by Gasteiger charge is -2.04. The molecule has 5 nitrogen and oxygen atoms in total. The molecule has 4 rings (SSSR count). The molecule has 0 radical (unpaired) electrons. The number of hydrogen-bond acceptors (Lipinski definition) is 3. The van der Waals surface area contributed by atoms with Crippen LogP contribution in [0.3, 0.4) is 0 Å². The van der Waals surface area contributed by atoms with Gasteiger partial charge in [-0.25, -0.2) is 9.97 Å². The molecule has 0 aromatic carbocycles. The van der Waals surface area contributed by atoms with Crippen LogP contribution in [0.5, 0.6) is 0 Å². The number of fused-ring (bicyclic) bond motifs is 3. The van der Waals surface area contributed by atoms with Gasteiger partial charge in [-0.1, -0.05) is 6.07 Å². The van der Waals surface area contributed by atoms with Crippen molar-refractivity contribution in [3.05, 3.63) is 65.2 Å². The van der Waals surface area contributed by atoms with Crippen LogP contribution in [0.1, 0.15) is 0 Å². The Morgan fingerprint density at radius 2 is 2.00 bits per heavy atom. The fourth-order valence-corrected chi connectivity index (χ4v) is 2.46. The SMILES string of the molecule is O=c1cnc2c3[nH]cccc3n(-c3ccccn3)c2c1. The lowest BCUT2D eigenvalue weighted by atomic mass is 10.3. The van der Waals surface area contributed by atoms with Gasteiger partial charge in [0.15, 0.2) is 5.43 Å². The summed E-state index contributed by atoms with van der Waals surface area (Å²) in [7, 11) is 0. The van der Waals surface area contributed by atoms with Gasteiger partial charge in [0, 0.05) is 18.5 Å². The quantitative estimate of drug-likeness (QED) is 0.572. The van der Waals surface area contributed by atoms with Crippen LogP contribution in [0.4, 0.5) is 0 Å². The van der Waals surface area contributed by atoms with Gasteiger partial charge in [0.25, 0.3) is 0 Å². The molecule has 96 valence electrons. The summed E-state index contributed by atoms with van der Waals surface area (Å²) < 4.78 is 1.94. The summed E-state index contributed by atoms with van der Waals surface area (Å²) >= 11 is 0. The van der Waals surface area contributed by atoms with Gasteiger partial charge in [-0.2, -0.15) is 0 Å². The number of H-pyrrole nitrogens is 1. The van der Waals surface area contributed by atoms with Crippen molar-refractivity contribution < 1.29 is 0 Å². The molecule has 0 aliphatic carbocycles. The van der Waals surface area contributed by atoms with Crippen molar-refractivity contribution in [2.24, 2.45) is 0 Å². The minimum Gasteiger partial charge on any atom is -0.358 e. The molecular weight excluding hydrogens is 252 g/mol. The lowest BCUT2D eigenvalue weighted by molar-refractivity contribution is 1.08. The first kappa shape index (κ1) is 10.9. The summed E-state index contributed by atoms with van der Waals surface area (Å²) in [5, 5.41) is 0. The van der Waals surface area contributed by atoms with E-state index in [0.29, 0.717) is 0 Å². The van der Waals surface area contributed by atoms with E-state index in [4.69, 9.17) is 0 Å². The molecule has 1 N–H and O–H groups in total. The largest absolute Gasteiger partial charge is 0.358 e. The third-order valence-electron chi connectivity index (χ3n) is 3.27. The van der Waals surface area contributed by atoms with E-state index < -0.39 is 0 Å². The summed E-state index contributed by atoms with van der Waals surface area (Å²) in [6.45, 7) is 0. The molecule has 0 atom stereocenters. The molecule has 0 fully saturated rings. The number of rotatable bonds is 1. The summed E-state index contributed by atoms with van der Waals surface area (Å²) in [6, 6.07) is 11.2. The Hall–Kier alpha value is -2.95. The number of nitrogens with zero attached hydrogens (tertiary/aromatic N) is 3. The molecule has 0 aliphatic rings. The van der Waals surface area contributed by atoms with Crippen LogP contribution in [0.15, 0.2) is 59.8 Å². The summed E-state index contributed by atoms with van der Waals surface area (Å²) in [5.74, 6) is 0.763. The Morgan fingerprint density at radius 3 is 2.85 bits per heavy atom. The van der Waals surface area contributed by atoms with E-state index in [2.05, 4.69) is 15.0 Å². The van der Waals surface area contributed by atoms with Gasteiger partial charge in [0.2, 0.25) is 0 Å². The average Bonchev–Trinajstić information content (AvgIpc) is 2.81. The summed E-state index contributed by atoms with van der Waals surface area (Å²) in [4.78, 5) is 23.5. The molecule has 4 heterocycles. The fraction of sp³-hybridized carbons (Fsp3) is 0. The van der Waals surface area contributed by atoms with E-state index in [1.54, 1.807) is 12.3 Å². The smallest absolute Gasteiger partial charge is 0.199 e. The molecule has 0 spiro atoms. The van der Waals surface area contributed by atoms with Crippen LogP contribution in [-0.2, 0) is 0 Å². The molecule has 4 aromatic heterocycles. The van der Waals surface area contributed by atoms with Crippen LogP contribution in [0.25, 0.3) is 27.9 Å². The minimum atomic E-state index is -0.113. The van der Waals surface area contributed by atoms with E-state index >= 15 is 0 Å². The molecule has 0 bridgehead atoms. The predicted octanol–water partition coefficient (Wildman–Crippen LogP) is 2.26. The van der Waals surface area contributed by atoms with Gasteiger partial charge in [-0.3, -0.25) is 9.36 Å². The zero-order valence-electron chi connectivity index (χ0n) is 10.4. The number of nitrogens with one attached hydrogen (secondary N) is 1. The summed E-state index contributed by atoms with van der Waals surface area (Å²) in [5.41, 5.74) is 3.25. The Bertz CT molecular complexity index is 969. The van der Waals surface area contributed by atoms with Gasteiger partial charge < -0.3 is 4.98 Å². The highest BCUT2D eigenvalue weighted by Crippen LogP contribution is 2.27. The molecular formula is C15H10N4O. The first-order valence-corrected chi connectivity index (χ1v) is 6.24. The van der Waals surface area contributed by atoms with Gasteiger partial charge >= 0.3 is 0 Å². The van der Waals surface area contributed by atoms with Crippen LogP contribution in [-0.4, -0.2) is 19.5 Å². The second-order valence-corrected chi connectivity index (χ2v) is 4.49. The van der Waals surface area contributed by atoms with Crippen molar-refractivity contribution in [3.63, 3.8) is 0 Å². The number of aromatic nitrogens is 4. The van der Waals surface area contributed by atoms with E-state index in [9.17, 15) is 4.79 Å². The van der Waals surface area contributed by atoms with Crippen molar-refractivity contribution in [2.45, 2.75) is 0 Å². The topological polar surface area (TPSA) is 63.6 Å². The second-order valence-electron chi connectivity index (χ2n) is 4.49. The molecule has 20 heavy (non-hydrogen) atoms. The molecule has 0 saturated carbocycles. The van der Waals surface area contributed by atoms with Crippen LogP contribution < -0.4 is 5.43 Å². The molecule has 4 aromatic rings. The average molecular weight is 262 g/mol. The van der Waals surface area contributed by atoms with Gasteiger partial charge in [-0.05, 0) is 24.3 Å². The van der Waals surface area contributed by atoms with E-state index in [0.717, 1.165) is 27.9 Å². The highest BCUT2D eigenvalue weighted by atomic mass is 16.1. The molecule has 0 unspecified atom stereocenters. The first-order valence-electron chi connectivity index (χ1n) is 6.24. The predicted molar refractivity (Wildman–Crippen MR) is 77.0 cm³/mol. The van der Waals surface area contributed by atoms with Crippen molar-refractivity contribution in [1.82, 2.24) is 19.5 Å². The highest BCUT2D eigenvalue weighted by Gasteiger charge is 2.13. The Labute approximate surface area is 113 Å². The van der Waals surface area contributed by atoms with Crippen molar-refractivity contribution >= 4 is 22.1 Å². The number of pyridine rings is 3. The monoisotopic (exact) mass is 262 g/mol. The normalized spacial score (nSPS) is 11.2. The number of aromatic amines is 1. The van der Waals surface area contributed by atoms with E-state index in [1.165, 1.54) is 6.20 Å². The Balaban J connectivity index is 2.26. The molecule has 0 aliphatic heterocycles. The third-order valence-corrected chi connectivity index (χ3v) is 3.27. The zero-order chi connectivity index (χ0) is 13.5. The highest BCUT2D eigenvalue weighted by molar-refractivity contribution is 6.04. The van der Waals surface area contributed by atoms with Crippen molar-refractivity contribution in [2.75, 3.05) is 0 Å². The second kappa shape index (κ2) is 4.03. The van der Waals surface area contributed by atoms with Gasteiger partial charge in [-0.15, -0.1) is 0 Å². The third kappa shape index (κ3) is 1.46. The zero-order valence-corrected chi connectivity index (χ0v) is 10.4. The van der Waals surface area contributed by atoms with Gasteiger partial charge in [0.05, 0.1) is 22.7 Å². The Kier molecular flexibility index (Phi) is 2.20. The van der Waals surface area contributed by atoms with Gasteiger partial charge in [0.1, 0.15) is 11.3 Å². The summed E-state index contributed by atoms with van der Waals surface area (Å²) in [6.07, 6.45) is 4.91.